The van der Waals surface area contributed by atoms with Gasteiger partial charge in [0.15, 0.2) is 0 Å². The fraction of sp³-hybridized carbons (Fsp3) is 1.00. The van der Waals surface area contributed by atoms with Crippen LogP contribution in [-0.4, -0.2) is 130 Å². The van der Waals surface area contributed by atoms with Crippen LogP contribution in [0.15, 0.2) is 0 Å². The summed E-state index contributed by atoms with van der Waals surface area (Å²) < 4.78 is 21.9. The minimum absolute atomic E-state index is 0.164. The number of hydrogen-bond donors (Lipinski definition) is 8. The third kappa shape index (κ3) is 10.3. The molecule has 0 rings (SSSR count). The highest BCUT2D eigenvalue weighted by Gasteiger charge is 2.45. The Morgan fingerprint density at radius 3 is 1.21 bits per heavy atom. The van der Waals surface area contributed by atoms with Gasteiger partial charge in [-0.25, -0.2) is 0 Å². The Morgan fingerprint density at radius 1 is 0.607 bits per heavy atom. The lowest BCUT2D eigenvalue weighted by atomic mass is 10.2. The Hall–Kier alpha value is -0.480. The van der Waals surface area contributed by atoms with E-state index >= 15 is 0 Å². The molecule has 170 valence electrons. The van der Waals surface area contributed by atoms with Gasteiger partial charge in [-0.1, -0.05) is 6.92 Å². The third-order valence-corrected chi connectivity index (χ3v) is 3.53. The van der Waals surface area contributed by atoms with Crippen molar-refractivity contribution in [1.29, 1.82) is 0 Å². The first-order chi connectivity index (χ1) is 13.3. The van der Waals surface area contributed by atoms with Gasteiger partial charge in [0.05, 0.1) is 52.9 Å². The molecule has 0 saturated heterocycles. The molecule has 0 aromatic carbocycles. The summed E-state index contributed by atoms with van der Waals surface area (Å²) in [5.74, 6) is -2.13. The first-order valence-electron chi connectivity index (χ1n) is 8.97. The Balaban J connectivity index is 5.56. The lowest BCUT2D eigenvalue weighted by Crippen LogP contribution is -2.55. The van der Waals surface area contributed by atoms with Gasteiger partial charge in [0, 0.05) is 0 Å². The molecule has 8 N–H and O–H groups in total. The van der Waals surface area contributed by atoms with E-state index in [2.05, 4.69) is 0 Å². The summed E-state index contributed by atoms with van der Waals surface area (Å²) in [7, 11) is 0. The van der Waals surface area contributed by atoms with Gasteiger partial charge < -0.3 is 59.8 Å². The molecule has 0 saturated carbocycles. The molecule has 0 aromatic heterocycles. The summed E-state index contributed by atoms with van der Waals surface area (Å²) in [5, 5.41) is 74.3. The highest BCUT2D eigenvalue weighted by molar-refractivity contribution is 4.75. The minimum atomic E-state index is -2.13. The van der Waals surface area contributed by atoms with E-state index in [1.165, 1.54) is 0 Å². The van der Waals surface area contributed by atoms with Crippen molar-refractivity contribution >= 4 is 0 Å². The zero-order chi connectivity index (χ0) is 21.6. The lowest BCUT2D eigenvalue weighted by molar-refractivity contribution is -0.428. The van der Waals surface area contributed by atoms with Crippen LogP contribution in [-0.2, 0) is 18.9 Å². The van der Waals surface area contributed by atoms with Crippen molar-refractivity contribution < 1.29 is 59.8 Å². The fourth-order valence-electron chi connectivity index (χ4n) is 1.95. The van der Waals surface area contributed by atoms with Crippen molar-refractivity contribution in [2.45, 2.75) is 49.8 Å². The number of rotatable bonds is 18. The predicted octanol–water partition coefficient (Wildman–Crippen LogP) is -4.10. The van der Waals surface area contributed by atoms with Crippen molar-refractivity contribution in [3.8, 4) is 0 Å². The Morgan fingerprint density at radius 2 is 0.929 bits per heavy atom. The molecule has 0 heterocycles. The topological polar surface area (TPSA) is 199 Å². The maximum atomic E-state index is 9.60. The molecule has 0 aliphatic rings. The van der Waals surface area contributed by atoms with Gasteiger partial charge in [0.25, 0.3) is 0 Å². The standard InChI is InChI=1S/C16H34O12/c1-2-15(25-7-11(21)3-17)16(26-8-12(22)4-18,27-9-13(23)5-19)28-10-14(24)6-20/h11-15,17-24H,2-10H2,1H3. The van der Waals surface area contributed by atoms with Gasteiger partial charge in [-0.05, 0) is 6.42 Å². The van der Waals surface area contributed by atoms with E-state index in [0.29, 0.717) is 0 Å². The first kappa shape index (κ1) is 27.5. The normalized spacial score (nSPS) is 19.6. The van der Waals surface area contributed by atoms with Crippen LogP contribution in [0.2, 0.25) is 0 Å². The quantitative estimate of drug-likeness (QED) is 0.100. The van der Waals surface area contributed by atoms with Crippen LogP contribution in [0, 0.1) is 0 Å². The second-order valence-corrected chi connectivity index (χ2v) is 6.11. The highest BCUT2D eigenvalue weighted by atomic mass is 16.9. The average Bonchev–Trinajstić information content (AvgIpc) is 2.72. The summed E-state index contributed by atoms with van der Waals surface area (Å²) in [4.78, 5) is 0. The van der Waals surface area contributed by atoms with Gasteiger partial charge in [-0.3, -0.25) is 0 Å². The van der Waals surface area contributed by atoms with Crippen molar-refractivity contribution in [1.82, 2.24) is 0 Å². The van der Waals surface area contributed by atoms with Crippen LogP contribution in [0.4, 0.5) is 0 Å². The van der Waals surface area contributed by atoms with Crippen LogP contribution in [0.25, 0.3) is 0 Å². The maximum absolute atomic E-state index is 9.60. The summed E-state index contributed by atoms with van der Waals surface area (Å²) >= 11 is 0. The average molecular weight is 418 g/mol. The van der Waals surface area contributed by atoms with Gasteiger partial charge in [-0.15, -0.1) is 0 Å². The molecule has 0 fully saturated rings. The number of aliphatic hydroxyl groups excluding tert-OH is 8. The summed E-state index contributed by atoms with van der Waals surface area (Å²) in [6.07, 6.45) is -6.05. The summed E-state index contributed by atoms with van der Waals surface area (Å²) in [6, 6.07) is 0. The van der Waals surface area contributed by atoms with E-state index in [1.54, 1.807) is 6.92 Å². The molecule has 0 aliphatic carbocycles. The van der Waals surface area contributed by atoms with Crippen molar-refractivity contribution in [3.05, 3.63) is 0 Å². The number of hydrogen-bond acceptors (Lipinski definition) is 12. The maximum Gasteiger partial charge on any atom is 0.311 e. The van der Waals surface area contributed by atoms with Gasteiger partial charge in [0.2, 0.25) is 0 Å². The van der Waals surface area contributed by atoms with Gasteiger partial charge >= 0.3 is 5.97 Å². The molecular weight excluding hydrogens is 384 g/mol. The summed E-state index contributed by atoms with van der Waals surface area (Å²) in [5.41, 5.74) is 0. The van der Waals surface area contributed by atoms with Crippen LogP contribution in [0.3, 0.4) is 0 Å². The van der Waals surface area contributed by atoms with E-state index in [-0.39, 0.29) is 13.0 Å². The molecule has 0 aliphatic heterocycles. The molecule has 0 amide bonds. The molecule has 5 unspecified atom stereocenters. The zero-order valence-electron chi connectivity index (χ0n) is 16.0. The summed E-state index contributed by atoms with van der Waals surface area (Å²) in [6.45, 7) is -2.59. The van der Waals surface area contributed by atoms with Crippen LogP contribution < -0.4 is 0 Å². The SMILES string of the molecule is CCC(OCC(O)CO)C(OCC(O)CO)(OCC(O)CO)OCC(O)CO. The predicted molar refractivity (Wildman–Crippen MR) is 93.0 cm³/mol. The second-order valence-electron chi connectivity index (χ2n) is 6.11. The van der Waals surface area contributed by atoms with Gasteiger partial charge in [0.1, 0.15) is 30.5 Å². The largest absolute Gasteiger partial charge is 0.394 e. The second kappa shape index (κ2) is 15.4. The lowest BCUT2D eigenvalue weighted by Gasteiger charge is -2.40. The van der Waals surface area contributed by atoms with E-state index < -0.39 is 82.7 Å². The molecule has 0 spiro atoms. The molecule has 12 heteroatoms. The van der Waals surface area contributed by atoms with Crippen molar-refractivity contribution in [2.75, 3.05) is 52.9 Å². The van der Waals surface area contributed by atoms with Crippen LogP contribution >= 0.6 is 0 Å². The van der Waals surface area contributed by atoms with E-state index in [0.717, 1.165) is 0 Å². The minimum Gasteiger partial charge on any atom is -0.394 e. The van der Waals surface area contributed by atoms with E-state index in [4.69, 9.17) is 39.4 Å². The smallest absolute Gasteiger partial charge is 0.311 e. The molecule has 0 bridgehead atoms. The van der Waals surface area contributed by atoms with Crippen molar-refractivity contribution in [2.24, 2.45) is 0 Å². The first-order valence-corrected chi connectivity index (χ1v) is 8.97. The molecule has 12 nitrogen and oxygen atoms in total. The molecule has 0 aromatic rings. The molecule has 0 radical (unpaired) electrons. The zero-order valence-corrected chi connectivity index (χ0v) is 16.0. The number of aliphatic hydroxyl groups is 8. The Labute approximate surface area is 163 Å². The van der Waals surface area contributed by atoms with Gasteiger partial charge in [-0.2, -0.15) is 0 Å². The molecule has 28 heavy (non-hydrogen) atoms. The fourth-order valence-corrected chi connectivity index (χ4v) is 1.95. The molecule has 5 atom stereocenters. The third-order valence-electron chi connectivity index (χ3n) is 3.53. The number of ether oxygens (including phenoxy) is 4. The highest BCUT2D eigenvalue weighted by Crippen LogP contribution is 2.27. The molecular formula is C16H34O12. The van der Waals surface area contributed by atoms with Crippen LogP contribution in [0.1, 0.15) is 13.3 Å². The van der Waals surface area contributed by atoms with Crippen molar-refractivity contribution in [3.63, 3.8) is 0 Å². The van der Waals surface area contributed by atoms with E-state index in [1.807, 2.05) is 0 Å². The Bertz CT molecular complexity index is 335. The monoisotopic (exact) mass is 418 g/mol. The Kier molecular flexibility index (Phi) is 15.1. The van der Waals surface area contributed by atoms with Crippen LogP contribution in [0.5, 0.6) is 0 Å². The van der Waals surface area contributed by atoms with E-state index in [9.17, 15) is 20.4 Å².